The van der Waals surface area contributed by atoms with Crippen molar-refractivity contribution in [3.8, 4) is 5.75 Å². The van der Waals surface area contributed by atoms with Crippen molar-refractivity contribution in [1.29, 1.82) is 0 Å². The van der Waals surface area contributed by atoms with E-state index in [4.69, 9.17) is 10.9 Å². The summed E-state index contributed by atoms with van der Waals surface area (Å²) in [6, 6.07) is 17.2. The van der Waals surface area contributed by atoms with E-state index in [-0.39, 0.29) is 31.2 Å². The summed E-state index contributed by atoms with van der Waals surface area (Å²) in [4.78, 5) is 27.1. The number of hydrogen-bond acceptors (Lipinski definition) is 6. The SMILES string of the molecule is C=C(/C=C(/c1ccccn1)N(N)Cc1ccc(C(=O)NCCC(=O)O)cc1)c1ccc(OC(F)(F)F)cc1. The molecule has 8 nitrogen and oxygen atoms in total. The molecule has 0 bridgehead atoms. The van der Waals surface area contributed by atoms with Crippen LogP contribution in [0.3, 0.4) is 0 Å². The number of nitrogens with zero attached hydrogens (tertiary/aromatic N) is 2. The number of rotatable bonds is 11. The lowest BCUT2D eigenvalue weighted by Gasteiger charge is -2.22. The maximum Gasteiger partial charge on any atom is 0.573 e. The largest absolute Gasteiger partial charge is 0.573 e. The first kappa shape index (κ1) is 27.9. The van der Waals surface area contributed by atoms with Crippen LogP contribution in [-0.4, -0.2) is 39.9 Å². The summed E-state index contributed by atoms with van der Waals surface area (Å²) in [6.45, 7) is 4.27. The van der Waals surface area contributed by atoms with E-state index in [1.54, 1.807) is 54.7 Å². The molecule has 3 aromatic rings. The van der Waals surface area contributed by atoms with Gasteiger partial charge >= 0.3 is 12.3 Å². The molecule has 1 aromatic heterocycles. The number of halogens is 3. The Morgan fingerprint density at radius 1 is 1.05 bits per heavy atom. The maximum atomic E-state index is 12.5. The van der Waals surface area contributed by atoms with Crippen molar-refractivity contribution >= 4 is 23.1 Å². The van der Waals surface area contributed by atoms with Gasteiger partial charge in [0.1, 0.15) is 5.75 Å². The number of aliphatic carboxylic acids is 1. The highest BCUT2D eigenvalue weighted by Gasteiger charge is 2.31. The Hall–Kier alpha value is -4.64. The van der Waals surface area contributed by atoms with Gasteiger partial charge in [0.2, 0.25) is 0 Å². The molecule has 1 heterocycles. The Morgan fingerprint density at radius 3 is 2.29 bits per heavy atom. The van der Waals surface area contributed by atoms with Crippen molar-refractivity contribution in [3.05, 3.63) is 108 Å². The van der Waals surface area contributed by atoms with Crippen LogP contribution >= 0.6 is 0 Å². The molecule has 11 heteroatoms. The fraction of sp³-hybridized carbons (Fsp3) is 0.148. The molecule has 0 unspecified atom stereocenters. The molecule has 1 amide bonds. The Labute approximate surface area is 216 Å². The second-order valence-corrected chi connectivity index (χ2v) is 8.07. The number of carboxylic acid groups (broad SMARTS) is 1. The second-order valence-electron chi connectivity index (χ2n) is 8.07. The first-order valence-electron chi connectivity index (χ1n) is 11.3. The topological polar surface area (TPSA) is 118 Å². The highest BCUT2D eigenvalue weighted by atomic mass is 19.4. The van der Waals surface area contributed by atoms with Crippen LogP contribution in [0.25, 0.3) is 11.3 Å². The molecule has 198 valence electrons. The quantitative estimate of drug-likeness (QED) is 0.190. The van der Waals surface area contributed by atoms with Crippen LogP contribution in [0.4, 0.5) is 13.2 Å². The van der Waals surface area contributed by atoms with Crippen LogP contribution in [0.5, 0.6) is 5.75 Å². The number of aromatic nitrogens is 1. The minimum atomic E-state index is -4.78. The molecule has 2 aromatic carbocycles. The van der Waals surface area contributed by atoms with E-state index in [9.17, 15) is 22.8 Å². The van der Waals surface area contributed by atoms with Gasteiger partial charge in [0.25, 0.3) is 5.91 Å². The zero-order chi connectivity index (χ0) is 27.7. The van der Waals surface area contributed by atoms with Gasteiger partial charge in [-0.3, -0.25) is 14.6 Å². The molecule has 3 rings (SSSR count). The molecule has 0 radical (unpaired) electrons. The average Bonchev–Trinajstić information content (AvgIpc) is 2.87. The molecule has 0 spiro atoms. The normalized spacial score (nSPS) is 11.5. The minimum absolute atomic E-state index is 0.0205. The van der Waals surface area contributed by atoms with E-state index in [0.29, 0.717) is 28.1 Å². The molecule has 0 atom stereocenters. The lowest BCUT2D eigenvalue weighted by atomic mass is 10.0. The van der Waals surface area contributed by atoms with E-state index in [0.717, 1.165) is 5.56 Å². The third-order valence-electron chi connectivity index (χ3n) is 5.20. The number of ether oxygens (including phenoxy) is 1. The number of allylic oxidation sites excluding steroid dienone is 2. The van der Waals surface area contributed by atoms with Gasteiger partial charge in [-0.25, -0.2) is 5.84 Å². The number of amides is 1. The number of carboxylic acids is 1. The third kappa shape index (κ3) is 8.49. The van der Waals surface area contributed by atoms with Crippen LogP contribution in [0.1, 0.15) is 33.6 Å². The zero-order valence-corrected chi connectivity index (χ0v) is 20.1. The minimum Gasteiger partial charge on any atom is -0.481 e. The van der Waals surface area contributed by atoms with Gasteiger partial charge in [0, 0.05) is 18.3 Å². The summed E-state index contributed by atoms with van der Waals surface area (Å²) in [7, 11) is 0. The molecule has 4 N–H and O–H groups in total. The average molecular weight is 527 g/mol. The fourth-order valence-corrected chi connectivity index (χ4v) is 3.37. The van der Waals surface area contributed by atoms with Gasteiger partial charge in [-0.15, -0.1) is 13.2 Å². The van der Waals surface area contributed by atoms with Gasteiger partial charge in [-0.05, 0) is 59.2 Å². The van der Waals surface area contributed by atoms with Crippen LogP contribution in [0.15, 0.2) is 85.6 Å². The Balaban J connectivity index is 1.76. The predicted molar refractivity (Wildman–Crippen MR) is 135 cm³/mol. The molecule has 0 saturated carbocycles. The standard InChI is InChI=1S/C27H25F3N4O4/c1-18(20-9-11-22(12-10-20)38-27(28,29)30)16-24(23-4-2-3-14-32-23)34(31)17-19-5-7-21(8-6-19)26(37)33-15-13-25(35)36/h2-12,14,16H,1,13,15,17,31H2,(H,33,37)(H,35,36)/b24-16-. The third-order valence-corrected chi connectivity index (χ3v) is 5.20. The lowest BCUT2D eigenvalue weighted by Crippen LogP contribution is -2.29. The van der Waals surface area contributed by atoms with E-state index < -0.39 is 12.3 Å². The first-order valence-corrected chi connectivity index (χ1v) is 11.3. The molecular weight excluding hydrogens is 501 g/mol. The number of nitrogens with two attached hydrogens (primary N) is 1. The van der Waals surface area contributed by atoms with Gasteiger partial charge in [0.15, 0.2) is 0 Å². The van der Waals surface area contributed by atoms with Gasteiger partial charge < -0.3 is 20.2 Å². The number of carbonyl (C=O) groups excluding carboxylic acids is 1. The number of nitrogens with one attached hydrogen (secondary N) is 1. The molecule has 0 aliphatic rings. The predicted octanol–water partition coefficient (Wildman–Crippen LogP) is 4.61. The van der Waals surface area contributed by atoms with E-state index in [1.165, 1.54) is 29.3 Å². The Bertz CT molecular complexity index is 1290. The summed E-state index contributed by atoms with van der Waals surface area (Å²) in [5, 5.41) is 12.7. The van der Waals surface area contributed by atoms with E-state index in [2.05, 4.69) is 21.6 Å². The monoisotopic (exact) mass is 526 g/mol. The smallest absolute Gasteiger partial charge is 0.481 e. The van der Waals surface area contributed by atoms with Gasteiger partial charge in [-0.1, -0.05) is 36.9 Å². The van der Waals surface area contributed by atoms with Crippen molar-refractivity contribution in [2.75, 3.05) is 6.54 Å². The van der Waals surface area contributed by atoms with Crippen LogP contribution in [-0.2, 0) is 11.3 Å². The molecule has 0 saturated heterocycles. The van der Waals surface area contributed by atoms with Gasteiger partial charge in [0.05, 0.1) is 24.4 Å². The summed E-state index contributed by atoms with van der Waals surface area (Å²) in [6.07, 6.45) is -1.69. The molecular formula is C27H25F3N4O4. The Kier molecular flexibility index (Phi) is 9.23. The van der Waals surface area contributed by atoms with Crippen LogP contribution < -0.4 is 15.9 Å². The van der Waals surface area contributed by atoms with Crippen molar-refractivity contribution in [3.63, 3.8) is 0 Å². The number of hydrazine groups is 1. The molecule has 0 aliphatic carbocycles. The molecule has 0 fully saturated rings. The molecule has 0 aliphatic heterocycles. The maximum absolute atomic E-state index is 12.5. The van der Waals surface area contributed by atoms with Crippen molar-refractivity contribution < 1.29 is 32.6 Å². The Morgan fingerprint density at radius 2 is 1.71 bits per heavy atom. The van der Waals surface area contributed by atoms with E-state index >= 15 is 0 Å². The van der Waals surface area contributed by atoms with Crippen molar-refractivity contribution in [2.45, 2.75) is 19.3 Å². The number of pyridine rings is 1. The van der Waals surface area contributed by atoms with Crippen molar-refractivity contribution in [2.24, 2.45) is 5.84 Å². The summed E-state index contributed by atoms with van der Waals surface area (Å²) in [5.41, 5.74) is 3.22. The van der Waals surface area contributed by atoms with Crippen molar-refractivity contribution in [1.82, 2.24) is 15.3 Å². The lowest BCUT2D eigenvalue weighted by molar-refractivity contribution is -0.274. The highest BCUT2D eigenvalue weighted by Crippen LogP contribution is 2.27. The van der Waals surface area contributed by atoms with E-state index in [1.807, 2.05) is 0 Å². The first-order chi connectivity index (χ1) is 18.0. The summed E-state index contributed by atoms with van der Waals surface area (Å²) in [5.74, 6) is 4.66. The summed E-state index contributed by atoms with van der Waals surface area (Å²) >= 11 is 0. The second kappa shape index (κ2) is 12.5. The highest BCUT2D eigenvalue weighted by molar-refractivity contribution is 5.94. The van der Waals surface area contributed by atoms with Crippen LogP contribution in [0, 0.1) is 0 Å². The summed E-state index contributed by atoms with van der Waals surface area (Å²) < 4.78 is 41.3. The van der Waals surface area contributed by atoms with Crippen LogP contribution in [0.2, 0.25) is 0 Å². The fourth-order valence-electron chi connectivity index (χ4n) is 3.37. The molecule has 38 heavy (non-hydrogen) atoms. The zero-order valence-electron chi connectivity index (χ0n) is 20.1. The number of hydrogen-bond donors (Lipinski definition) is 3. The number of alkyl halides is 3. The van der Waals surface area contributed by atoms with Gasteiger partial charge in [-0.2, -0.15) is 0 Å². The number of benzene rings is 2. The number of carbonyl (C=O) groups is 2.